The SMILES string of the molecule is Oc1cc(CBr)cc(F)c1Br. The van der Waals surface area contributed by atoms with Crippen molar-refractivity contribution in [3.63, 3.8) is 0 Å². The van der Waals surface area contributed by atoms with Crippen molar-refractivity contribution >= 4 is 31.9 Å². The second-order valence-electron chi connectivity index (χ2n) is 2.04. The van der Waals surface area contributed by atoms with Crippen LogP contribution in [0, 0.1) is 5.82 Å². The van der Waals surface area contributed by atoms with Crippen LogP contribution in [0.2, 0.25) is 0 Å². The number of rotatable bonds is 1. The summed E-state index contributed by atoms with van der Waals surface area (Å²) in [7, 11) is 0. The molecular formula is C7H5Br2FO. The summed E-state index contributed by atoms with van der Waals surface area (Å²) in [6, 6.07) is 2.86. The van der Waals surface area contributed by atoms with E-state index in [-0.39, 0.29) is 10.2 Å². The van der Waals surface area contributed by atoms with Gasteiger partial charge in [-0.2, -0.15) is 0 Å². The van der Waals surface area contributed by atoms with Crippen LogP contribution in [0.15, 0.2) is 16.6 Å². The molecule has 0 saturated heterocycles. The number of phenolic OH excluding ortho intramolecular Hbond substituents is 1. The summed E-state index contributed by atoms with van der Waals surface area (Å²) in [5.74, 6) is -0.515. The Morgan fingerprint density at radius 2 is 2.09 bits per heavy atom. The molecule has 1 N–H and O–H groups in total. The van der Waals surface area contributed by atoms with Gasteiger partial charge in [0.05, 0.1) is 4.47 Å². The lowest BCUT2D eigenvalue weighted by molar-refractivity contribution is 0.463. The number of halogens is 3. The van der Waals surface area contributed by atoms with Crippen LogP contribution in [0.1, 0.15) is 5.56 Å². The van der Waals surface area contributed by atoms with Crippen LogP contribution in [0.4, 0.5) is 4.39 Å². The molecule has 0 aliphatic carbocycles. The Bertz CT molecular complexity index is 252. The minimum Gasteiger partial charge on any atom is -0.507 e. The lowest BCUT2D eigenvalue weighted by Gasteiger charge is -2.00. The Kier molecular flexibility index (Phi) is 2.90. The van der Waals surface area contributed by atoms with Gasteiger partial charge in [0.25, 0.3) is 0 Å². The standard InChI is InChI=1S/C7H5Br2FO/c8-3-4-1-5(10)7(9)6(11)2-4/h1-2,11H,3H2. The molecule has 0 bridgehead atoms. The molecule has 60 valence electrons. The van der Waals surface area contributed by atoms with Crippen LogP contribution in [0.25, 0.3) is 0 Å². The molecule has 0 aliphatic heterocycles. The Labute approximate surface area is 80.5 Å². The smallest absolute Gasteiger partial charge is 0.141 e. The van der Waals surface area contributed by atoms with Crippen LogP contribution in [-0.4, -0.2) is 5.11 Å². The highest BCUT2D eigenvalue weighted by Crippen LogP contribution is 2.28. The van der Waals surface area contributed by atoms with Crippen LogP contribution < -0.4 is 0 Å². The van der Waals surface area contributed by atoms with E-state index < -0.39 is 5.82 Å². The van der Waals surface area contributed by atoms with Crippen molar-refractivity contribution in [3.05, 3.63) is 28.0 Å². The highest BCUT2D eigenvalue weighted by atomic mass is 79.9. The minimum atomic E-state index is -0.445. The summed E-state index contributed by atoms with van der Waals surface area (Å²) >= 11 is 6.06. The second kappa shape index (κ2) is 3.54. The van der Waals surface area contributed by atoms with Gasteiger partial charge in [0.15, 0.2) is 0 Å². The second-order valence-corrected chi connectivity index (χ2v) is 3.40. The third-order valence-electron chi connectivity index (χ3n) is 1.22. The molecule has 0 aromatic heterocycles. The summed E-state index contributed by atoms with van der Waals surface area (Å²) in [6.07, 6.45) is 0. The number of hydrogen-bond acceptors (Lipinski definition) is 1. The minimum absolute atomic E-state index is 0.0700. The molecule has 0 saturated carbocycles. The molecule has 0 radical (unpaired) electrons. The average Bonchev–Trinajstić information content (AvgIpc) is 1.99. The molecule has 1 aromatic rings. The van der Waals surface area contributed by atoms with E-state index in [1.807, 2.05) is 0 Å². The largest absolute Gasteiger partial charge is 0.507 e. The van der Waals surface area contributed by atoms with Crippen molar-refractivity contribution in [2.45, 2.75) is 5.33 Å². The highest BCUT2D eigenvalue weighted by Gasteiger charge is 2.05. The predicted octanol–water partition coefficient (Wildman–Crippen LogP) is 3.19. The molecule has 0 unspecified atom stereocenters. The Hall–Kier alpha value is -0.0900. The van der Waals surface area contributed by atoms with Gasteiger partial charge in [0.2, 0.25) is 0 Å². The zero-order valence-corrected chi connectivity index (χ0v) is 8.61. The van der Waals surface area contributed by atoms with E-state index in [2.05, 4.69) is 31.9 Å². The third kappa shape index (κ3) is 1.93. The van der Waals surface area contributed by atoms with E-state index in [9.17, 15) is 4.39 Å². The van der Waals surface area contributed by atoms with Crippen LogP contribution in [0.3, 0.4) is 0 Å². The summed E-state index contributed by atoms with van der Waals surface area (Å²) in [6.45, 7) is 0. The van der Waals surface area contributed by atoms with E-state index >= 15 is 0 Å². The fourth-order valence-corrected chi connectivity index (χ4v) is 1.26. The number of aromatic hydroxyl groups is 1. The average molecular weight is 284 g/mol. The third-order valence-corrected chi connectivity index (χ3v) is 2.66. The van der Waals surface area contributed by atoms with Crippen molar-refractivity contribution in [3.8, 4) is 5.75 Å². The highest BCUT2D eigenvalue weighted by molar-refractivity contribution is 9.10. The molecule has 0 atom stereocenters. The molecule has 0 aliphatic rings. The molecule has 4 heteroatoms. The van der Waals surface area contributed by atoms with Gasteiger partial charge in [-0.25, -0.2) is 4.39 Å². The maximum Gasteiger partial charge on any atom is 0.141 e. The molecule has 0 heterocycles. The van der Waals surface area contributed by atoms with Gasteiger partial charge >= 0.3 is 0 Å². The zero-order valence-electron chi connectivity index (χ0n) is 5.44. The summed E-state index contributed by atoms with van der Waals surface area (Å²) < 4.78 is 12.9. The van der Waals surface area contributed by atoms with Crippen molar-refractivity contribution in [1.82, 2.24) is 0 Å². The molecule has 1 rings (SSSR count). The normalized spacial score (nSPS) is 10.1. The molecule has 11 heavy (non-hydrogen) atoms. The fourth-order valence-electron chi connectivity index (χ4n) is 0.706. The number of hydrogen-bond donors (Lipinski definition) is 1. The molecule has 0 amide bonds. The van der Waals surface area contributed by atoms with E-state index in [1.165, 1.54) is 12.1 Å². The number of alkyl halides is 1. The van der Waals surface area contributed by atoms with Gasteiger partial charge in [-0.15, -0.1) is 0 Å². The number of benzene rings is 1. The first kappa shape index (κ1) is 9.00. The predicted molar refractivity (Wildman–Crippen MR) is 48.4 cm³/mol. The zero-order chi connectivity index (χ0) is 8.43. The van der Waals surface area contributed by atoms with Gasteiger partial charge in [0.1, 0.15) is 11.6 Å². The van der Waals surface area contributed by atoms with Gasteiger partial charge in [0, 0.05) is 5.33 Å². The van der Waals surface area contributed by atoms with Gasteiger partial charge in [-0.1, -0.05) is 15.9 Å². The lowest BCUT2D eigenvalue weighted by atomic mass is 10.2. The Balaban J connectivity index is 3.21. The fraction of sp³-hybridized carbons (Fsp3) is 0.143. The topological polar surface area (TPSA) is 20.2 Å². The van der Waals surface area contributed by atoms with Crippen molar-refractivity contribution < 1.29 is 9.50 Å². The first-order valence-electron chi connectivity index (χ1n) is 2.88. The van der Waals surface area contributed by atoms with E-state index in [0.717, 1.165) is 0 Å². The quantitative estimate of drug-likeness (QED) is 0.785. The summed E-state index contributed by atoms with van der Waals surface area (Å²) in [4.78, 5) is 0. The summed E-state index contributed by atoms with van der Waals surface area (Å²) in [5.41, 5.74) is 0.711. The Morgan fingerprint density at radius 1 is 1.45 bits per heavy atom. The van der Waals surface area contributed by atoms with Gasteiger partial charge in [-0.05, 0) is 33.6 Å². The van der Waals surface area contributed by atoms with Crippen molar-refractivity contribution in [2.24, 2.45) is 0 Å². The van der Waals surface area contributed by atoms with Gasteiger partial charge < -0.3 is 5.11 Å². The first-order valence-corrected chi connectivity index (χ1v) is 4.79. The summed E-state index contributed by atoms with van der Waals surface area (Å²) in [5, 5.41) is 9.64. The van der Waals surface area contributed by atoms with Crippen LogP contribution >= 0.6 is 31.9 Å². The van der Waals surface area contributed by atoms with E-state index in [0.29, 0.717) is 10.9 Å². The molecular weight excluding hydrogens is 279 g/mol. The number of phenols is 1. The van der Waals surface area contributed by atoms with E-state index in [1.54, 1.807) is 0 Å². The van der Waals surface area contributed by atoms with Gasteiger partial charge in [-0.3, -0.25) is 0 Å². The maximum atomic E-state index is 12.8. The molecule has 0 fully saturated rings. The first-order chi connectivity index (χ1) is 5.15. The maximum absolute atomic E-state index is 12.8. The molecule has 1 aromatic carbocycles. The lowest BCUT2D eigenvalue weighted by Crippen LogP contribution is -1.83. The molecule has 0 spiro atoms. The van der Waals surface area contributed by atoms with Crippen molar-refractivity contribution in [2.75, 3.05) is 0 Å². The van der Waals surface area contributed by atoms with Crippen LogP contribution in [0.5, 0.6) is 5.75 Å². The van der Waals surface area contributed by atoms with Crippen molar-refractivity contribution in [1.29, 1.82) is 0 Å². The van der Waals surface area contributed by atoms with Crippen LogP contribution in [-0.2, 0) is 5.33 Å². The van der Waals surface area contributed by atoms with E-state index in [4.69, 9.17) is 5.11 Å². The Morgan fingerprint density at radius 3 is 2.55 bits per heavy atom. The monoisotopic (exact) mass is 282 g/mol. The molecule has 1 nitrogen and oxygen atoms in total.